The van der Waals surface area contributed by atoms with E-state index in [1.54, 1.807) is 0 Å². The van der Waals surface area contributed by atoms with E-state index >= 15 is 0 Å². The molecule has 2 aliphatic heterocycles. The molecule has 2 aliphatic rings. The Hall–Kier alpha value is -0.160. The molecule has 0 saturated carbocycles. The first kappa shape index (κ1) is 15.2. The molecular weight excluding hydrogens is 240 g/mol. The van der Waals surface area contributed by atoms with Gasteiger partial charge in [-0.15, -0.1) is 0 Å². The van der Waals surface area contributed by atoms with Crippen molar-refractivity contribution in [3.05, 3.63) is 0 Å². The molecule has 3 atom stereocenters. The van der Waals surface area contributed by atoms with E-state index in [2.05, 4.69) is 24.1 Å². The minimum atomic E-state index is -0.0651. The lowest BCUT2D eigenvalue weighted by Crippen LogP contribution is -2.49. The fraction of sp³-hybridized carbons (Fsp3) is 1.00. The average molecular weight is 270 g/mol. The van der Waals surface area contributed by atoms with Gasteiger partial charge in [0.15, 0.2) is 0 Å². The summed E-state index contributed by atoms with van der Waals surface area (Å²) < 4.78 is 11.3. The van der Waals surface area contributed by atoms with E-state index in [1.165, 1.54) is 19.4 Å². The van der Waals surface area contributed by atoms with E-state index in [1.807, 2.05) is 7.11 Å². The Bertz CT molecular complexity index is 267. The fourth-order valence-electron chi connectivity index (χ4n) is 3.18. The van der Waals surface area contributed by atoms with E-state index in [0.29, 0.717) is 6.04 Å². The molecule has 4 heteroatoms. The van der Waals surface area contributed by atoms with E-state index in [9.17, 15) is 0 Å². The van der Waals surface area contributed by atoms with Crippen LogP contribution in [0.1, 0.15) is 33.1 Å². The van der Waals surface area contributed by atoms with Gasteiger partial charge in [-0.2, -0.15) is 0 Å². The van der Waals surface area contributed by atoms with Crippen molar-refractivity contribution in [2.45, 2.75) is 44.8 Å². The van der Waals surface area contributed by atoms with Crippen LogP contribution in [-0.2, 0) is 9.47 Å². The third kappa shape index (κ3) is 3.91. The molecule has 4 nitrogen and oxygen atoms in total. The van der Waals surface area contributed by atoms with Crippen LogP contribution in [0.2, 0.25) is 0 Å². The van der Waals surface area contributed by atoms with Gasteiger partial charge in [0.1, 0.15) is 5.60 Å². The number of nitrogens with one attached hydrogen (secondary N) is 1. The van der Waals surface area contributed by atoms with Gasteiger partial charge < -0.3 is 14.8 Å². The molecule has 1 N–H and O–H groups in total. The van der Waals surface area contributed by atoms with Crippen molar-refractivity contribution in [3.63, 3.8) is 0 Å². The molecule has 0 aliphatic carbocycles. The van der Waals surface area contributed by atoms with E-state index in [0.717, 1.165) is 45.2 Å². The zero-order valence-electron chi connectivity index (χ0n) is 12.8. The molecule has 112 valence electrons. The molecule has 0 bridgehead atoms. The highest BCUT2D eigenvalue weighted by atomic mass is 16.5. The summed E-state index contributed by atoms with van der Waals surface area (Å²) in [7, 11) is 1.83. The lowest BCUT2D eigenvalue weighted by atomic mass is 9.97. The van der Waals surface area contributed by atoms with E-state index in [4.69, 9.17) is 9.47 Å². The van der Waals surface area contributed by atoms with Gasteiger partial charge in [-0.3, -0.25) is 4.90 Å². The number of ether oxygens (including phenoxy) is 2. The van der Waals surface area contributed by atoms with Crippen molar-refractivity contribution in [2.24, 2.45) is 5.92 Å². The van der Waals surface area contributed by atoms with Crippen LogP contribution in [0, 0.1) is 5.92 Å². The summed E-state index contributed by atoms with van der Waals surface area (Å²) in [5.41, 5.74) is -0.0651. The molecular formula is C15H30N2O2. The fourth-order valence-corrected chi connectivity index (χ4v) is 3.18. The van der Waals surface area contributed by atoms with Crippen LogP contribution in [0.5, 0.6) is 0 Å². The van der Waals surface area contributed by atoms with Gasteiger partial charge in [0, 0.05) is 39.3 Å². The first-order chi connectivity index (χ1) is 9.19. The summed E-state index contributed by atoms with van der Waals surface area (Å²) in [5.74, 6) is 0.735. The highest BCUT2D eigenvalue weighted by Crippen LogP contribution is 2.25. The summed E-state index contributed by atoms with van der Waals surface area (Å²) >= 11 is 0. The maximum atomic E-state index is 5.78. The van der Waals surface area contributed by atoms with E-state index in [-0.39, 0.29) is 5.60 Å². The number of hydrogen-bond acceptors (Lipinski definition) is 4. The Balaban J connectivity index is 1.94. The van der Waals surface area contributed by atoms with Crippen LogP contribution in [0.4, 0.5) is 0 Å². The Morgan fingerprint density at radius 3 is 3.00 bits per heavy atom. The first-order valence-corrected chi connectivity index (χ1v) is 7.78. The minimum absolute atomic E-state index is 0.0651. The normalized spacial score (nSPS) is 35.2. The summed E-state index contributed by atoms with van der Waals surface area (Å²) in [6.07, 6.45) is 3.50. The predicted molar refractivity (Wildman–Crippen MR) is 77.5 cm³/mol. The lowest BCUT2D eigenvalue weighted by molar-refractivity contribution is -0.0416. The number of rotatable bonds is 5. The second-order valence-corrected chi connectivity index (χ2v) is 6.22. The standard InChI is InChI=1S/C15H30N2O2/c1-4-13(2)14-10-17(8-5-7-16-14)11-15(18-3)6-9-19-12-15/h13-14,16H,4-12H2,1-3H3. The SMILES string of the molecule is CCC(C)C1CN(CC2(OC)CCOC2)CCCN1. The van der Waals surface area contributed by atoms with Crippen LogP contribution in [0.3, 0.4) is 0 Å². The van der Waals surface area contributed by atoms with Crippen molar-refractivity contribution in [2.75, 3.05) is 46.5 Å². The van der Waals surface area contributed by atoms with Crippen LogP contribution in [0.25, 0.3) is 0 Å². The van der Waals surface area contributed by atoms with Crippen molar-refractivity contribution in [3.8, 4) is 0 Å². The molecule has 2 saturated heterocycles. The maximum absolute atomic E-state index is 5.78. The Kier molecular flexibility index (Phi) is 5.63. The third-order valence-corrected chi connectivity index (χ3v) is 4.86. The van der Waals surface area contributed by atoms with Crippen LogP contribution < -0.4 is 5.32 Å². The van der Waals surface area contributed by atoms with Crippen molar-refractivity contribution in [1.29, 1.82) is 0 Å². The summed E-state index contributed by atoms with van der Waals surface area (Å²) in [4.78, 5) is 2.58. The van der Waals surface area contributed by atoms with Gasteiger partial charge in [-0.05, 0) is 25.4 Å². The zero-order chi connectivity index (χ0) is 13.7. The maximum Gasteiger partial charge on any atom is 0.106 e. The van der Waals surface area contributed by atoms with Crippen LogP contribution in [0.15, 0.2) is 0 Å². The highest BCUT2D eigenvalue weighted by molar-refractivity contribution is 4.90. The van der Waals surface area contributed by atoms with Crippen molar-refractivity contribution < 1.29 is 9.47 Å². The van der Waals surface area contributed by atoms with Gasteiger partial charge in [0.25, 0.3) is 0 Å². The van der Waals surface area contributed by atoms with Gasteiger partial charge in [0.05, 0.1) is 6.61 Å². The molecule has 19 heavy (non-hydrogen) atoms. The largest absolute Gasteiger partial charge is 0.378 e. The molecule has 0 aromatic rings. The Morgan fingerprint density at radius 2 is 2.37 bits per heavy atom. The predicted octanol–water partition coefficient (Wildman–Crippen LogP) is 1.50. The van der Waals surface area contributed by atoms with Crippen LogP contribution in [-0.4, -0.2) is 63.0 Å². The quantitative estimate of drug-likeness (QED) is 0.821. The highest BCUT2D eigenvalue weighted by Gasteiger charge is 2.37. The monoisotopic (exact) mass is 270 g/mol. The van der Waals surface area contributed by atoms with Crippen LogP contribution >= 0.6 is 0 Å². The van der Waals surface area contributed by atoms with Gasteiger partial charge in [0.2, 0.25) is 0 Å². The molecule has 2 heterocycles. The van der Waals surface area contributed by atoms with Crippen molar-refractivity contribution in [1.82, 2.24) is 10.2 Å². The van der Waals surface area contributed by atoms with E-state index < -0.39 is 0 Å². The molecule has 0 amide bonds. The Labute approximate surface area is 117 Å². The number of hydrogen-bond donors (Lipinski definition) is 1. The molecule has 2 fully saturated rings. The topological polar surface area (TPSA) is 33.7 Å². The van der Waals surface area contributed by atoms with Gasteiger partial charge >= 0.3 is 0 Å². The molecule has 3 unspecified atom stereocenters. The molecule has 2 rings (SSSR count). The van der Waals surface area contributed by atoms with Gasteiger partial charge in [-0.1, -0.05) is 20.3 Å². The number of methoxy groups -OCH3 is 1. The smallest absolute Gasteiger partial charge is 0.106 e. The number of nitrogens with zero attached hydrogens (tertiary/aromatic N) is 1. The summed E-state index contributed by atoms with van der Waals surface area (Å²) in [6.45, 7) is 10.7. The molecule has 0 radical (unpaired) electrons. The van der Waals surface area contributed by atoms with Gasteiger partial charge in [-0.25, -0.2) is 0 Å². The van der Waals surface area contributed by atoms with Crippen molar-refractivity contribution >= 4 is 0 Å². The molecule has 0 aromatic carbocycles. The minimum Gasteiger partial charge on any atom is -0.378 e. The first-order valence-electron chi connectivity index (χ1n) is 7.78. The third-order valence-electron chi connectivity index (χ3n) is 4.86. The molecule has 0 spiro atoms. The lowest BCUT2D eigenvalue weighted by Gasteiger charge is -2.34. The second kappa shape index (κ2) is 7.02. The summed E-state index contributed by atoms with van der Waals surface area (Å²) in [6, 6.07) is 0.615. The molecule has 0 aromatic heterocycles. The average Bonchev–Trinajstić information content (AvgIpc) is 2.77. The Morgan fingerprint density at radius 1 is 1.53 bits per heavy atom. The second-order valence-electron chi connectivity index (χ2n) is 6.22. The zero-order valence-corrected chi connectivity index (χ0v) is 12.8. The summed E-state index contributed by atoms with van der Waals surface area (Å²) in [5, 5.41) is 3.70.